The molecular formula is C20H29N3O2S. The van der Waals surface area contributed by atoms with E-state index >= 15 is 0 Å². The molecule has 0 radical (unpaired) electrons. The van der Waals surface area contributed by atoms with Crippen LogP contribution >= 0.6 is 11.8 Å². The van der Waals surface area contributed by atoms with Gasteiger partial charge in [0.25, 0.3) is 0 Å². The molecule has 5 nitrogen and oxygen atoms in total. The molecule has 0 saturated carbocycles. The molecule has 2 N–H and O–H groups in total. The van der Waals surface area contributed by atoms with Crippen LogP contribution in [0.5, 0.6) is 0 Å². The maximum Gasteiger partial charge on any atom is 0.244 e. The molecule has 1 aromatic carbocycles. The molecule has 0 spiro atoms. The summed E-state index contributed by atoms with van der Waals surface area (Å²) >= 11 is 1.94. The Balaban J connectivity index is 1.66. The second kappa shape index (κ2) is 11.6. The van der Waals surface area contributed by atoms with E-state index in [2.05, 4.69) is 17.7 Å². The molecule has 0 aromatic heterocycles. The van der Waals surface area contributed by atoms with Gasteiger partial charge in [0.05, 0.1) is 12.2 Å². The molecular weight excluding hydrogens is 346 g/mol. The number of amides is 2. The first-order valence-corrected chi connectivity index (χ1v) is 10.5. The Labute approximate surface area is 160 Å². The lowest BCUT2D eigenvalue weighted by molar-refractivity contribution is -0.133. The molecule has 1 aromatic rings. The topological polar surface area (TPSA) is 61.4 Å². The van der Waals surface area contributed by atoms with Crippen LogP contribution in [-0.4, -0.2) is 41.4 Å². The predicted molar refractivity (Wildman–Crippen MR) is 108 cm³/mol. The number of hydrazine groups is 1. The van der Waals surface area contributed by atoms with Crippen LogP contribution in [0.3, 0.4) is 0 Å². The highest BCUT2D eigenvalue weighted by Gasteiger charge is 2.20. The Bertz CT molecular complexity index is 604. The predicted octanol–water partition coefficient (Wildman–Crippen LogP) is 3.19. The number of unbranched alkanes of at least 4 members (excludes halogenated alkanes) is 1. The molecule has 0 fully saturated rings. The molecule has 0 saturated heterocycles. The molecule has 142 valence electrons. The molecule has 2 rings (SSSR count). The summed E-state index contributed by atoms with van der Waals surface area (Å²) in [5.41, 5.74) is 5.08. The van der Waals surface area contributed by atoms with Gasteiger partial charge in [-0.3, -0.25) is 20.0 Å². The summed E-state index contributed by atoms with van der Waals surface area (Å²) in [6.45, 7) is 3.27. The number of carbonyl (C=O) groups is 2. The third-order valence-corrected chi connectivity index (χ3v) is 5.27. The van der Waals surface area contributed by atoms with E-state index in [0.717, 1.165) is 23.4 Å². The van der Waals surface area contributed by atoms with Gasteiger partial charge < -0.3 is 5.32 Å². The van der Waals surface area contributed by atoms with E-state index in [4.69, 9.17) is 0 Å². The molecule has 0 aliphatic carbocycles. The molecule has 1 heterocycles. The van der Waals surface area contributed by atoms with Gasteiger partial charge in [0.15, 0.2) is 0 Å². The lowest BCUT2D eigenvalue weighted by atomic mass is 10.1. The molecule has 6 heteroatoms. The molecule has 1 aliphatic rings. The molecule has 1 aliphatic heterocycles. The number of carbonyl (C=O) groups excluding carboxylic acids is 2. The van der Waals surface area contributed by atoms with E-state index in [-0.39, 0.29) is 11.8 Å². The van der Waals surface area contributed by atoms with Crippen molar-refractivity contribution < 1.29 is 9.59 Å². The maximum atomic E-state index is 12.1. The first kappa shape index (κ1) is 20.4. The smallest absolute Gasteiger partial charge is 0.244 e. The van der Waals surface area contributed by atoms with Crippen LogP contribution in [0.1, 0.15) is 44.6 Å². The zero-order valence-electron chi connectivity index (χ0n) is 15.5. The van der Waals surface area contributed by atoms with Gasteiger partial charge >= 0.3 is 0 Å². The average Bonchev–Trinajstić information content (AvgIpc) is 2.67. The number of hydrogen-bond acceptors (Lipinski definition) is 4. The lowest BCUT2D eigenvalue weighted by Crippen LogP contribution is -2.45. The van der Waals surface area contributed by atoms with Crippen LogP contribution in [0.4, 0.5) is 0 Å². The Kier molecular flexibility index (Phi) is 9.10. The van der Waals surface area contributed by atoms with Crippen LogP contribution in [0.25, 0.3) is 5.70 Å². The first-order chi connectivity index (χ1) is 12.7. The number of nitrogens with one attached hydrogen (secondary N) is 2. The van der Waals surface area contributed by atoms with Crippen LogP contribution in [0.15, 0.2) is 36.4 Å². The zero-order chi connectivity index (χ0) is 18.6. The van der Waals surface area contributed by atoms with E-state index in [1.54, 1.807) is 5.01 Å². The SMILES string of the molecule is CCCCSCCCNC(=O)CCN1NC(c2ccccc2)=CCC1=O. The fraction of sp³-hybridized carbons (Fsp3) is 0.500. The number of rotatable bonds is 11. The summed E-state index contributed by atoms with van der Waals surface area (Å²) in [5.74, 6) is 2.26. The van der Waals surface area contributed by atoms with Crippen molar-refractivity contribution in [2.24, 2.45) is 0 Å². The minimum absolute atomic E-state index is 0.00558. The molecule has 2 amide bonds. The van der Waals surface area contributed by atoms with E-state index in [9.17, 15) is 9.59 Å². The highest BCUT2D eigenvalue weighted by Crippen LogP contribution is 2.17. The summed E-state index contributed by atoms with van der Waals surface area (Å²) in [4.78, 5) is 24.0. The monoisotopic (exact) mass is 375 g/mol. The third-order valence-electron chi connectivity index (χ3n) is 4.11. The minimum atomic E-state index is -0.00944. The fourth-order valence-electron chi connectivity index (χ4n) is 2.59. The van der Waals surface area contributed by atoms with Gasteiger partial charge in [-0.1, -0.05) is 43.7 Å². The van der Waals surface area contributed by atoms with E-state index in [1.807, 2.05) is 48.2 Å². The highest BCUT2D eigenvalue weighted by atomic mass is 32.2. The summed E-state index contributed by atoms with van der Waals surface area (Å²) in [7, 11) is 0. The largest absolute Gasteiger partial charge is 0.356 e. The van der Waals surface area contributed by atoms with Crippen LogP contribution < -0.4 is 10.7 Å². The fourth-order valence-corrected chi connectivity index (χ4v) is 3.63. The maximum absolute atomic E-state index is 12.1. The standard InChI is InChI=1S/C20H29N3O2S/c1-2-3-15-26-16-7-13-21-19(24)12-14-23-20(25)11-10-18(22-23)17-8-5-4-6-9-17/h4-6,8-10,22H,2-3,7,11-16H2,1H3,(H,21,24). The molecule has 0 unspecified atom stereocenters. The second-order valence-electron chi connectivity index (χ2n) is 6.26. The Morgan fingerprint density at radius 2 is 2.00 bits per heavy atom. The van der Waals surface area contributed by atoms with E-state index < -0.39 is 0 Å². The van der Waals surface area contributed by atoms with Gasteiger partial charge in [0.1, 0.15) is 0 Å². The zero-order valence-corrected chi connectivity index (χ0v) is 16.3. The van der Waals surface area contributed by atoms with Gasteiger partial charge in [-0.25, -0.2) is 0 Å². The Hall–Kier alpha value is -1.95. The summed E-state index contributed by atoms with van der Waals surface area (Å²) in [6, 6.07) is 9.89. The summed E-state index contributed by atoms with van der Waals surface area (Å²) in [6.07, 6.45) is 6.03. The quantitative estimate of drug-likeness (QED) is 0.583. The van der Waals surface area contributed by atoms with Crippen molar-refractivity contribution in [2.75, 3.05) is 24.6 Å². The van der Waals surface area contributed by atoms with Gasteiger partial charge in [-0.2, -0.15) is 11.8 Å². The van der Waals surface area contributed by atoms with Crippen molar-refractivity contribution in [1.29, 1.82) is 0 Å². The average molecular weight is 376 g/mol. The van der Waals surface area contributed by atoms with Gasteiger partial charge in [-0.15, -0.1) is 0 Å². The molecule has 0 bridgehead atoms. The van der Waals surface area contributed by atoms with Crippen molar-refractivity contribution in [3.63, 3.8) is 0 Å². The van der Waals surface area contributed by atoms with Crippen molar-refractivity contribution in [2.45, 2.75) is 39.0 Å². The van der Waals surface area contributed by atoms with Crippen LogP contribution in [0, 0.1) is 0 Å². The summed E-state index contributed by atoms with van der Waals surface area (Å²) in [5, 5.41) is 4.48. The molecule has 0 atom stereocenters. The van der Waals surface area contributed by atoms with E-state index in [0.29, 0.717) is 25.9 Å². The Morgan fingerprint density at radius 3 is 2.77 bits per heavy atom. The minimum Gasteiger partial charge on any atom is -0.356 e. The summed E-state index contributed by atoms with van der Waals surface area (Å²) < 4.78 is 0. The van der Waals surface area contributed by atoms with Gasteiger partial charge in [-0.05, 0) is 36.0 Å². The number of thioether (sulfide) groups is 1. The van der Waals surface area contributed by atoms with Crippen LogP contribution in [0.2, 0.25) is 0 Å². The second-order valence-corrected chi connectivity index (χ2v) is 7.49. The van der Waals surface area contributed by atoms with Crippen LogP contribution in [-0.2, 0) is 9.59 Å². The molecule has 26 heavy (non-hydrogen) atoms. The van der Waals surface area contributed by atoms with Crippen molar-refractivity contribution in [3.05, 3.63) is 42.0 Å². The number of nitrogens with zero attached hydrogens (tertiary/aromatic N) is 1. The van der Waals surface area contributed by atoms with Gasteiger partial charge in [0, 0.05) is 19.4 Å². The first-order valence-electron chi connectivity index (χ1n) is 9.37. The van der Waals surface area contributed by atoms with Crippen molar-refractivity contribution in [3.8, 4) is 0 Å². The van der Waals surface area contributed by atoms with Gasteiger partial charge in [0.2, 0.25) is 11.8 Å². The van der Waals surface area contributed by atoms with Crippen molar-refractivity contribution >= 4 is 29.3 Å². The highest BCUT2D eigenvalue weighted by molar-refractivity contribution is 7.99. The third kappa shape index (κ3) is 7.12. The number of benzene rings is 1. The van der Waals surface area contributed by atoms with E-state index in [1.165, 1.54) is 18.6 Å². The van der Waals surface area contributed by atoms with Crippen molar-refractivity contribution in [1.82, 2.24) is 15.8 Å². The lowest BCUT2D eigenvalue weighted by Gasteiger charge is -2.29. The number of hydrogen-bond donors (Lipinski definition) is 2. The Morgan fingerprint density at radius 1 is 1.23 bits per heavy atom. The normalized spacial score (nSPS) is 14.0.